The van der Waals surface area contributed by atoms with Gasteiger partial charge in [-0.15, -0.1) is 0 Å². The van der Waals surface area contributed by atoms with Crippen LogP contribution in [0.3, 0.4) is 0 Å². The van der Waals surface area contributed by atoms with Gasteiger partial charge in [0.05, 0.1) is 0 Å². The third-order valence-corrected chi connectivity index (χ3v) is 6.18. The van der Waals surface area contributed by atoms with Gasteiger partial charge >= 0.3 is 5.97 Å². The molecule has 3 saturated heterocycles. The maximum absolute atomic E-state index is 12.2. The highest BCUT2D eigenvalue weighted by molar-refractivity contribution is 6.00. The molecule has 0 atom stereocenters. The summed E-state index contributed by atoms with van der Waals surface area (Å²) in [5.74, 6) is -1.78. The number of nitrogens with one attached hydrogen (secondary N) is 1. The van der Waals surface area contributed by atoms with Crippen LogP contribution in [0.5, 0.6) is 0 Å². The van der Waals surface area contributed by atoms with E-state index in [0.717, 1.165) is 63.3 Å². The number of amides is 2. The molecule has 0 bridgehead atoms. The van der Waals surface area contributed by atoms with E-state index < -0.39 is 18.5 Å². The van der Waals surface area contributed by atoms with E-state index in [1.54, 1.807) is 0 Å². The van der Waals surface area contributed by atoms with Gasteiger partial charge in [-0.05, 0) is 76.2 Å². The first-order valence-corrected chi connectivity index (χ1v) is 10.9. The smallest absolute Gasteiger partial charge is 0.323 e. The summed E-state index contributed by atoms with van der Waals surface area (Å²) in [5.41, 5.74) is -0.242. The fraction of sp³-hybridized carbons (Fsp3) is 0.773. The molecule has 11 heteroatoms. The number of nitrogens with zero attached hydrogens (tertiary/aromatic N) is 2. The van der Waals surface area contributed by atoms with Gasteiger partial charge in [-0.25, -0.2) is 0 Å². The second-order valence-corrected chi connectivity index (χ2v) is 8.57. The maximum atomic E-state index is 12.2. The molecular weight excluding hydrogens is 434 g/mol. The lowest BCUT2D eigenvalue weighted by Crippen LogP contribution is -2.53. The summed E-state index contributed by atoms with van der Waals surface area (Å²) in [5, 5.41) is 26.6. The predicted molar refractivity (Wildman–Crippen MR) is 121 cm³/mol. The Morgan fingerprint density at radius 3 is 1.97 bits per heavy atom. The molecule has 3 aliphatic rings. The van der Waals surface area contributed by atoms with Crippen molar-refractivity contribution in [3.63, 3.8) is 0 Å². The zero-order valence-corrected chi connectivity index (χ0v) is 18.6. The predicted octanol–water partition coefficient (Wildman–Crippen LogP) is 1.12. The summed E-state index contributed by atoms with van der Waals surface area (Å²) in [4.78, 5) is 56.1. The van der Waals surface area contributed by atoms with Gasteiger partial charge in [-0.2, -0.15) is 0 Å². The second-order valence-electron chi connectivity index (χ2n) is 8.57. The van der Waals surface area contributed by atoms with Crippen molar-refractivity contribution in [3.8, 4) is 0 Å². The summed E-state index contributed by atoms with van der Waals surface area (Å²) in [7, 11) is 0. The van der Waals surface area contributed by atoms with Gasteiger partial charge in [0.15, 0.2) is 0 Å². The van der Waals surface area contributed by atoms with Crippen molar-refractivity contribution < 1.29 is 39.3 Å². The van der Waals surface area contributed by atoms with Crippen LogP contribution in [-0.2, 0) is 24.0 Å². The lowest BCUT2D eigenvalue weighted by Gasteiger charge is -2.45. The van der Waals surface area contributed by atoms with E-state index in [2.05, 4.69) is 10.2 Å². The van der Waals surface area contributed by atoms with Crippen LogP contribution in [0.15, 0.2) is 0 Å². The van der Waals surface area contributed by atoms with Crippen molar-refractivity contribution in [1.82, 2.24) is 15.1 Å². The molecule has 0 aromatic rings. The molecule has 0 unspecified atom stereocenters. The minimum atomic E-state index is -1.13. The maximum Gasteiger partial charge on any atom is 0.323 e. The lowest BCUT2D eigenvalue weighted by atomic mass is 9.70. The topological polar surface area (TPSA) is 165 Å². The first-order valence-electron chi connectivity index (χ1n) is 10.9. The molecular formula is C22H39N3O8. The Bertz CT molecular complexity index is 632. The number of carboxylic acids is 2. The number of carboxylic acid groups (broad SMARTS) is 3. The van der Waals surface area contributed by atoms with Crippen LogP contribution in [0.1, 0.15) is 59.3 Å². The van der Waals surface area contributed by atoms with Gasteiger partial charge in [0.1, 0.15) is 6.54 Å². The SMILES string of the molecule is C.CC(=O)O.O=C(O)CN1C(=O)CC2(CCN(CCC3CCNCC3)CC2)CC1=O.O=CO. The van der Waals surface area contributed by atoms with E-state index in [1.165, 1.54) is 19.3 Å². The van der Waals surface area contributed by atoms with Crippen LogP contribution in [0, 0.1) is 11.3 Å². The number of hydrogen-bond acceptors (Lipinski definition) is 7. The molecule has 11 nitrogen and oxygen atoms in total. The fourth-order valence-corrected chi connectivity index (χ4v) is 4.49. The summed E-state index contributed by atoms with van der Waals surface area (Å²) >= 11 is 0. The van der Waals surface area contributed by atoms with E-state index in [4.69, 9.17) is 24.9 Å². The van der Waals surface area contributed by atoms with Crippen LogP contribution >= 0.6 is 0 Å². The standard InChI is InChI=1S/C18H29N3O4.C2H4O2.CH2O2.CH4/c22-15-11-18(12-16(23)21(15)13-17(24)25)4-9-20(10-5-18)8-3-14-1-6-19-7-2-14;1-2(3)4;2-1-3;/h14,19H,1-13H2,(H,24,25);1H3,(H,3,4);1H,(H,2,3);1H4. The number of piperidine rings is 3. The van der Waals surface area contributed by atoms with Gasteiger partial charge in [0.25, 0.3) is 12.4 Å². The highest BCUT2D eigenvalue weighted by Crippen LogP contribution is 2.42. The Labute approximate surface area is 195 Å². The molecule has 0 aromatic heterocycles. The zero-order valence-electron chi connectivity index (χ0n) is 18.6. The van der Waals surface area contributed by atoms with Crippen molar-refractivity contribution in [2.45, 2.75) is 59.3 Å². The number of rotatable bonds is 5. The minimum Gasteiger partial charge on any atom is -0.483 e. The fourth-order valence-electron chi connectivity index (χ4n) is 4.49. The van der Waals surface area contributed by atoms with E-state index in [0.29, 0.717) is 12.8 Å². The van der Waals surface area contributed by atoms with Crippen molar-refractivity contribution in [3.05, 3.63) is 0 Å². The van der Waals surface area contributed by atoms with E-state index in [-0.39, 0.29) is 31.1 Å². The highest BCUT2D eigenvalue weighted by Gasteiger charge is 2.45. The van der Waals surface area contributed by atoms with Crippen LogP contribution < -0.4 is 5.32 Å². The van der Waals surface area contributed by atoms with Gasteiger partial charge < -0.3 is 25.5 Å². The van der Waals surface area contributed by atoms with E-state index in [9.17, 15) is 14.4 Å². The average molecular weight is 474 g/mol. The molecule has 3 fully saturated rings. The van der Waals surface area contributed by atoms with E-state index in [1.807, 2.05) is 0 Å². The molecule has 3 aliphatic heterocycles. The van der Waals surface area contributed by atoms with Crippen molar-refractivity contribution in [1.29, 1.82) is 0 Å². The minimum absolute atomic E-state index is 0. The Hall–Kier alpha value is -2.53. The number of carbonyl (C=O) groups excluding carboxylic acids is 2. The zero-order chi connectivity index (χ0) is 24.1. The van der Waals surface area contributed by atoms with Crippen molar-refractivity contribution >= 4 is 30.2 Å². The molecule has 2 amide bonds. The number of likely N-dealkylation sites (tertiary alicyclic amines) is 2. The van der Waals surface area contributed by atoms with Crippen LogP contribution in [-0.4, -0.2) is 94.6 Å². The Morgan fingerprint density at radius 1 is 1.09 bits per heavy atom. The first-order chi connectivity index (χ1) is 15.1. The molecule has 0 radical (unpaired) electrons. The molecule has 190 valence electrons. The van der Waals surface area contributed by atoms with Gasteiger partial charge in [0.2, 0.25) is 11.8 Å². The molecule has 3 heterocycles. The molecule has 4 N–H and O–H groups in total. The van der Waals surface area contributed by atoms with Gasteiger partial charge in [-0.3, -0.25) is 28.9 Å². The number of imide groups is 1. The van der Waals surface area contributed by atoms with Crippen molar-refractivity contribution in [2.24, 2.45) is 11.3 Å². The normalized spacial score (nSPS) is 20.5. The largest absolute Gasteiger partial charge is 0.483 e. The highest BCUT2D eigenvalue weighted by atomic mass is 16.4. The Balaban J connectivity index is 0.00000113. The third kappa shape index (κ3) is 11.2. The van der Waals surface area contributed by atoms with Crippen LogP contribution in [0.25, 0.3) is 0 Å². The van der Waals surface area contributed by atoms with Crippen LogP contribution in [0.2, 0.25) is 0 Å². The summed E-state index contributed by atoms with van der Waals surface area (Å²) < 4.78 is 0. The summed E-state index contributed by atoms with van der Waals surface area (Å²) in [6.45, 7) is 5.56. The third-order valence-electron chi connectivity index (χ3n) is 6.18. The van der Waals surface area contributed by atoms with Gasteiger partial charge in [0, 0.05) is 19.8 Å². The Kier molecular flexibility index (Phi) is 14.2. The average Bonchev–Trinajstić information content (AvgIpc) is 2.71. The lowest BCUT2D eigenvalue weighted by molar-refractivity contribution is -0.160. The number of aliphatic carboxylic acids is 2. The summed E-state index contributed by atoms with van der Waals surface area (Å²) in [6.07, 6.45) is 6.11. The molecule has 0 saturated carbocycles. The quantitative estimate of drug-likeness (QED) is 0.336. The van der Waals surface area contributed by atoms with E-state index >= 15 is 0 Å². The molecule has 0 aromatic carbocycles. The van der Waals surface area contributed by atoms with Crippen molar-refractivity contribution in [2.75, 3.05) is 39.3 Å². The van der Waals surface area contributed by atoms with Gasteiger partial charge in [-0.1, -0.05) is 7.43 Å². The summed E-state index contributed by atoms with van der Waals surface area (Å²) in [6, 6.07) is 0. The Morgan fingerprint density at radius 2 is 1.55 bits per heavy atom. The molecule has 33 heavy (non-hydrogen) atoms. The first kappa shape index (κ1) is 30.5. The molecule has 3 rings (SSSR count). The monoisotopic (exact) mass is 473 g/mol. The number of carbonyl (C=O) groups is 5. The van der Waals surface area contributed by atoms with Crippen LogP contribution in [0.4, 0.5) is 0 Å². The molecule has 0 aliphatic carbocycles. The second kappa shape index (κ2) is 15.3. The number of hydrogen-bond donors (Lipinski definition) is 4. The molecule has 1 spiro atoms.